The Kier molecular flexibility index (Phi) is 4.89. The van der Waals surface area contributed by atoms with Crippen molar-refractivity contribution in [1.82, 2.24) is 25.1 Å². The lowest BCUT2D eigenvalue weighted by atomic mass is 10.1. The lowest BCUT2D eigenvalue weighted by molar-refractivity contribution is 0.152. The van der Waals surface area contributed by atoms with Gasteiger partial charge in [0.05, 0.1) is 11.4 Å². The number of nitrogens with zero attached hydrogens (tertiary/aromatic N) is 4. The summed E-state index contributed by atoms with van der Waals surface area (Å²) in [6, 6.07) is 0.553. The van der Waals surface area contributed by atoms with Crippen molar-refractivity contribution in [3.05, 3.63) is 23.8 Å². The molecule has 1 aliphatic rings. The molecule has 1 saturated heterocycles. The summed E-state index contributed by atoms with van der Waals surface area (Å²) in [4.78, 5) is 23.9. The first kappa shape index (κ1) is 14.7. The van der Waals surface area contributed by atoms with Gasteiger partial charge in [-0.3, -0.25) is 9.97 Å². The van der Waals surface area contributed by atoms with E-state index in [2.05, 4.69) is 15.3 Å². The third-order valence-corrected chi connectivity index (χ3v) is 3.55. The number of piperidine rings is 1. The molecule has 2 heterocycles. The van der Waals surface area contributed by atoms with E-state index in [-0.39, 0.29) is 6.03 Å². The summed E-state index contributed by atoms with van der Waals surface area (Å²) in [5, 5.41) is 3.49. The summed E-state index contributed by atoms with van der Waals surface area (Å²) < 4.78 is 0. The van der Waals surface area contributed by atoms with Crippen LogP contribution in [-0.4, -0.2) is 59.0 Å². The average Bonchev–Trinajstić information content (AvgIpc) is 2.46. The van der Waals surface area contributed by atoms with Crippen molar-refractivity contribution in [2.75, 3.05) is 27.2 Å². The first-order chi connectivity index (χ1) is 9.56. The summed E-state index contributed by atoms with van der Waals surface area (Å²) >= 11 is 0. The number of rotatable bonds is 3. The van der Waals surface area contributed by atoms with Crippen LogP contribution in [0.4, 0.5) is 4.79 Å². The molecular formula is C14H23N5O. The molecule has 0 unspecified atom stereocenters. The van der Waals surface area contributed by atoms with Gasteiger partial charge in [-0.25, -0.2) is 4.79 Å². The highest BCUT2D eigenvalue weighted by molar-refractivity contribution is 5.73. The van der Waals surface area contributed by atoms with E-state index < -0.39 is 0 Å². The highest BCUT2D eigenvalue weighted by Gasteiger charge is 2.23. The number of carbonyl (C=O) groups excluding carboxylic acids is 1. The van der Waals surface area contributed by atoms with Gasteiger partial charge >= 0.3 is 6.03 Å². The van der Waals surface area contributed by atoms with Gasteiger partial charge in [0.1, 0.15) is 0 Å². The summed E-state index contributed by atoms with van der Waals surface area (Å²) in [5.74, 6) is 0. The average molecular weight is 277 g/mol. The Morgan fingerprint density at radius 1 is 1.35 bits per heavy atom. The zero-order valence-corrected chi connectivity index (χ0v) is 12.5. The molecular weight excluding hydrogens is 254 g/mol. The number of hydrogen-bond acceptors (Lipinski definition) is 4. The first-order valence-corrected chi connectivity index (χ1v) is 7.03. The van der Waals surface area contributed by atoms with Crippen LogP contribution < -0.4 is 5.32 Å². The molecule has 1 fully saturated rings. The molecule has 2 rings (SSSR count). The molecule has 0 aromatic carbocycles. The topological polar surface area (TPSA) is 61.4 Å². The van der Waals surface area contributed by atoms with Crippen LogP contribution in [0, 0.1) is 6.92 Å². The number of carbonyl (C=O) groups is 1. The van der Waals surface area contributed by atoms with Crippen molar-refractivity contribution in [2.45, 2.75) is 32.4 Å². The van der Waals surface area contributed by atoms with Crippen molar-refractivity contribution in [3.8, 4) is 0 Å². The van der Waals surface area contributed by atoms with Crippen LogP contribution in [-0.2, 0) is 6.54 Å². The first-order valence-electron chi connectivity index (χ1n) is 7.03. The number of hydrogen-bond donors (Lipinski definition) is 1. The molecule has 2 amide bonds. The molecule has 20 heavy (non-hydrogen) atoms. The van der Waals surface area contributed by atoms with Gasteiger partial charge in [-0.1, -0.05) is 0 Å². The minimum atomic E-state index is 0.104. The maximum Gasteiger partial charge on any atom is 0.319 e. The maximum atomic E-state index is 11.8. The number of aromatic nitrogens is 2. The largest absolute Gasteiger partial charge is 0.331 e. The van der Waals surface area contributed by atoms with Crippen molar-refractivity contribution >= 4 is 6.03 Å². The van der Waals surface area contributed by atoms with Gasteiger partial charge in [-0.05, 0) is 19.8 Å². The van der Waals surface area contributed by atoms with Gasteiger partial charge in [0.25, 0.3) is 0 Å². The number of aryl methyl sites for hydroxylation is 1. The Morgan fingerprint density at radius 2 is 2.05 bits per heavy atom. The third-order valence-electron chi connectivity index (χ3n) is 3.55. The summed E-state index contributed by atoms with van der Waals surface area (Å²) in [5.41, 5.74) is 1.90. The standard InChI is InChI=1S/C14H23N5O/c1-11-8-16-13(9-15-11)10-17-12-4-6-19(7-5-12)14(20)18(2)3/h8-9,12,17H,4-7,10H2,1-3H3. The molecule has 0 saturated carbocycles. The Balaban J connectivity index is 1.74. The molecule has 0 bridgehead atoms. The van der Waals surface area contributed by atoms with Gasteiger partial charge in [0, 0.05) is 52.2 Å². The lowest BCUT2D eigenvalue weighted by Gasteiger charge is -2.34. The molecule has 0 aliphatic carbocycles. The van der Waals surface area contributed by atoms with Crippen molar-refractivity contribution < 1.29 is 4.79 Å². The zero-order chi connectivity index (χ0) is 14.5. The third kappa shape index (κ3) is 3.90. The van der Waals surface area contributed by atoms with E-state index >= 15 is 0 Å². The van der Waals surface area contributed by atoms with Crippen LogP contribution in [0.2, 0.25) is 0 Å². The molecule has 6 nitrogen and oxygen atoms in total. The minimum absolute atomic E-state index is 0.104. The predicted molar refractivity (Wildman–Crippen MR) is 77.3 cm³/mol. The maximum absolute atomic E-state index is 11.8. The van der Waals surface area contributed by atoms with Gasteiger partial charge < -0.3 is 15.1 Å². The second-order valence-electron chi connectivity index (χ2n) is 5.47. The van der Waals surface area contributed by atoms with Gasteiger partial charge in [0.15, 0.2) is 0 Å². The molecule has 110 valence electrons. The highest BCUT2D eigenvalue weighted by atomic mass is 16.2. The van der Waals surface area contributed by atoms with Gasteiger partial charge in [-0.15, -0.1) is 0 Å². The van der Waals surface area contributed by atoms with E-state index in [0.29, 0.717) is 6.04 Å². The van der Waals surface area contributed by atoms with E-state index in [0.717, 1.165) is 43.9 Å². The highest BCUT2D eigenvalue weighted by Crippen LogP contribution is 2.12. The summed E-state index contributed by atoms with van der Waals surface area (Å²) in [7, 11) is 3.59. The molecule has 0 radical (unpaired) electrons. The lowest BCUT2D eigenvalue weighted by Crippen LogP contribution is -2.47. The van der Waals surface area contributed by atoms with Crippen molar-refractivity contribution in [3.63, 3.8) is 0 Å². The molecule has 0 spiro atoms. The van der Waals surface area contributed by atoms with E-state index in [4.69, 9.17) is 0 Å². The molecule has 1 aliphatic heterocycles. The molecule has 1 aromatic rings. The Morgan fingerprint density at radius 3 is 2.60 bits per heavy atom. The second kappa shape index (κ2) is 6.65. The van der Waals surface area contributed by atoms with Crippen LogP contribution in [0.5, 0.6) is 0 Å². The quantitative estimate of drug-likeness (QED) is 0.896. The van der Waals surface area contributed by atoms with Gasteiger partial charge in [0.2, 0.25) is 0 Å². The van der Waals surface area contributed by atoms with E-state index in [1.54, 1.807) is 25.2 Å². The van der Waals surface area contributed by atoms with E-state index in [1.807, 2.05) is 18.0 Å². The van der Waals surface area contributed by atoms with Crippen LogP contribution in [0.1, 0.15) is 24.2 Å². The molecule has 0 atom stereocenters. The second-order valence-corrected chi connectivity index (χ2v) is 5.47. The Hall–Kier alpha value is -1.69. The van der Waals surface area contributed by atoms with Crippen LogP contribution in [0.3, 0.4) is 0 Å². The number of urea groups is 1. The van der Waals surface area contributed by atoms with E-state index in [1.165, 1.54) is 0 Å². The molecule has 1 N–H and O–H groups in total. The Labute approximate surface area is 120 Å². The van der Waals surface area contributed by atoms with Crippen LogP contribution in [0.25, 0.3) is 0 Å². The normalized spacial score (nSPS) is 16.2. The number of likely N-dealkylation sites (tertiary alicyclic amines) is 1. The Bertz CT molecular complexity index is 437. The van der Waals surface area contributed by atoms with Crippen LogP contribution in [0.15, 0.2) is 12.4 Å². The summed E-state index contributed by atoms with van der Waals surface area (Å²) in [6.45, 7) is 4.30. The van der Waals surface area contributed by atoms with E-state index in [9.17, 15) is 4.79 Å². The minimum Gasteiger partial charge on any atom is -0.331 e. The van der Waals surface area contributed by atoms with Crippen molar-refractivity contribution in [1.29, 1.82) is 0 Å². The zero-order valence-electron chi connectivity index (χ0n) is 12.5. The van der Waals surface area contributed by atoms with Crippen molar-refractivity contribution in [2.24, 2.45) is 0 Å². The molecule has 6 heteroatoms. The molecule has 1 aromatic heterocycles. The number of nitrogens with one attached hydrogen (secondary N) is 1. The monoisotopic (exact) mass is 277 g/mol. The summed E-state index contributed by atoms with van der Waals surface area (Å²) in [6.07, 6.45) is 5.57. The SMILES string of the molecule is Cc1cnc(CNC2CCN(C(=O)N(C)C)CC2)cn1. The fraction of sp³-hybridized carbons (Fsp3) is 0.643. The van der Waals surface area contributed by atoms with Crippen LogP contribution >= 0.6 is 0 Å². The fourth-order valence-corrected chi connectivity index (χ4v) is 2.32. The fourth-order valence-electron chi connectivity index (χ4n) is 2.32. The number of amides is 2. The smallest absolute Gasteiger partial charge is 0.319 e. The predicted octanol–water partition coefficient (Wildman–Crippen LogP) is 1.02. The van der Waals surface area contributed by atoms with Gasteiger partial charge in [-0.2, -0.15) is 0 Å².